The fourth-order valence-corrected chi connectivity index (χ4v) is 6.36. The summed E-state index contributed by atoms with van der Waals surface area (Å²) in [5.74, 6) is 3.20. The van der Waals surface area contributed by atoms with Crippen molar-refractivity contribution in [2.75, 3.05) is 0 Å². The normalized spacial score (nSPS) is 29.5. The maximum atomic E-state index is 13.3. The van der Waals surface area contributed by atoms with E-state index in [2.05, 4.69) is 10.1 Å². The molecule has 1 aromatic carbocycles. The Kier molecular flexibility index (Phi) is 5.07. The lowest BCUT2D eigenvalue weighted by atomic mass is 9.48. The smallest absolute Gasteiger partial charge is 0.338 e. The number of hydrogen-bond acceptors (Lipinski definition) is 7. The van der Waals surface area contributed by atoms with Crippen LogP contribution in [0.4, 0.5) is 0 Å². The molecule has 0 radical (unpaired) electrons. The van der Waals surface area contributed by atoms with Gasteiger partial charge in [0, 0.05) is 12.3 Å². The van der Waals surface area contributed by atoms with Crippen molar-refractivity contribution in [2.45, 2.75) is 65.1 Å². The second-order valence-electron chi connectivity index (χ2n) is 9.65. The van der Waals surface area contributed by atoms with Gasteiger partial charge in [0.05, 0.1) is 5.56 Å². The van der Waals surface area contributed by atoms with Crippen molar-refractivity contribution in [3.63, 3.8) is 0 Å². The maximum Gasteiger partial charge on any atom is 0.338 e. The Hall–Kier alpha value is -2.70. The molecule has 7 heteroatoms. The number of carbonyl (C=O) groups is 2. The number of aryl methyl sites for hydroxylation is 1. The van der Waals surface area contributed by atoms with Gasteiger partial charge in [0.2, 0.25) is 11.7 Å². The van der Waals surface area contributed by atoms with Gasteiger partial charge in [-0.15, -0.1) is 0 Å². The minimum atomic E-state index is -0.721. The van der Waals surface area contributed by atoms with Crippen molar-refractivity contribution in [3.8, 4) is 5.75 Å². The first-order valence-corrected chi connectivity index (χ1v) is 11.2. The van der Waals surface area contributed by atoms with E-state index < -0.39 is 12.1 Å². The number of Topliss-reactive ketones (excluding diaryl/α,β-unsaturated/α-hetero) is 1. The molecular weight excluding hydrogens is 396 g/mol. The second-order valence-corrected chi connectivity index (χ2v) is 9.65. The fraction of sp³-hybridized carbons (Fsp3) is 0.583. The zero-order chi connectivity index (χ0) is 21.6. The van der Waals surface area contributed by atoms with Crippen molar-refractivity contribution < 1.29 is 23.6 Å². The Morgan fingerprint density at radius 1 is 1.10 bits per heavy atom. The number of carbonyl (C=O) groups excluding carboxylic acids is 2. The molecule has 0 amide bonds. The Labute approximate surface area is 181 Å². The molecule has 164 valence electrons. The van der Waals surface area contributed by atoms with Gasteiger partial charge >= 0.3 is 5.97 Å². The number of ether oxygens (including phenoxy) is 2. The summed E-state index contributed by atoms with van der Waals surface area (Å²) in [7, 11) is 0. The monoisotopic (exact) mass is 424 g/mol. The van der Waals surface area contributed by atoms with Crippen LogP contribution in [0.5, 0.6) is 5.75 Å². The Morgan fingerprint density at radius 2 is 1.71 bits per heavy atom. The number of esters is 1. The summed E-state index contributed by atoms with van der Waals surface area (Å²) in [5, 5.41) is 3.78. The first-order chi connectivity index (χ1) is 14.9. The quantitative estimate of drug-likeness (QED) is 0.612. The molecule has 4 bridgehead atoms. The van der Waals surface area contributed by atoms with Gasteiger partial charge < -0.3 is 14.0 Å². The van der Waals surface area contributed by atoms with Crippen LogP contribution in [0.3, 0.4) is 0 Å². The summed E-state index contributed by atoms with van der Waals surface area (Å²) < 4.78 is 16.1. The number of nitrogens with zero attached hydrogens (tertiary/aromatic N) is 2. The van der Waals surface area contributed by atoms with E-state index in [4.69, 9.17) is 14.0 Å². The summed E-state index contributed by atoms with van der Waals surface area (Å²) in [5.41, 5.74) is 0.132. The molecule has 0 N–H and O–H groups in total. The minimum Gasteiger partial charge on any atom is -0.485 e. The summed E-state index contributed by atoms with van der Waals surface area (Å²) >= 11 is 0. The van der Waals surface area contributed by atoms with E-state index in [1.807, 2.05) is 0 Å². The molecule has 0 saturated heterocycles. The number of ketones is 1. The highest BCUT2D eigenvalue weighted by Crippen LogP contribution is 2.60. The molecule has 31 heavy (non-hydrogen) atoms. The van der Waals surface area contributed by atoms with E-state index in [1.54, 1.807) is 38.1 Å². The summed E-state index contributed by atoms with van der Waals surface area (Å²) in [4.78, 5) is 30.0. The lowest BCUT2D eigenvalue weighted by Gasteiger charge is -2.56. The third-order valence-electron chi connectivity index (χ3n) is 7.24. The van der Waals surface area contributed by atoms with Crippen LogP contribution in [0.1, 0.15) is 67.5 Å². The lowest BCUT2D eigenvalue weighted by molar-refractivity contribution is -0.152. The van der Waals surface area contributed by atoms with Crippen LogP contribution in [0.25, 0.3) is 0 Å². The molecule has 4 saturated carbocycles. The topological polar surface area (TPSA) is 91.5 Å². The Balaban J connectivity index is 1.18. The van der Waals surface area contributed by atoms with Gasteiger partial charge in [-0.1, -0.05) is 5.16 Å². The van der Waals surface area contributed by atoms with Crippen molar-refractivity contribution in [3.05, 3.63) is 41.5 Å². The minimum absolute atomic E-state index is 0.121. The molecule has 1 aromatic heterocycles. The second kappa shape index (κ2) is 7.77. The molecule has 2 aromatic rings. The van der Waals surface area contributed by atoms with Crippen molar-refractivity contribution in [1.29, 1.82) is 0 Å². The first-order valence-electron chi connectivity index (χ1n) is 11.2. The Morgan fingerprint density at radius 3 is 2.26 bits per heavy atom. The summed E-state index contributed by atoms with van der Waals surface area (Å²) in [6.45, 7) is 3.62. The third-order valence-corrected chi connectivity index (χ3v) is 7.24. The van der Waals surface area contributed by atoms with E-state index in [0.29, 0.717) is 40.8 Å². The first kappa shape index (κ1) is 20.2. The van der Waals surface area contributed by atoms with Gasteiger partial charge in [0.15, 0.2) is 18.5 Å². The van der Waals surface area contributed by atoms with Gasteiger partial charge in [0.1, 0.15) is 5.75 Å². The van der Waals surface area contributed by atoms with Gasteiger partial charge in [-0.3, -0.25) is 4.79 Å². The molecular formula is C24H28N2O5. The molecule has 4 aliphatic rings. The molecule has 0 spiro atoms. The van der Waals surface area contributed by atoms with Gasteiger partial charge in [-0.25, -0.2) is 4.79 Å². The highest BCUT2D eigenvalue weighted by Gasteiger charge is 2.55. The van der Waals surface area contributed by atoms with E-state index in [0.717, 1.165) is 19.3 Å². The molecule has 6 rings (SSSR count). The predicted octanol–water partition coefficient (Wildman–Crippen LogP) is 4.29. The van der Waals surface area contributed by atoms with E-state index in [-0.39, 0.29) is 17.8 Å². The maximum absolute atomic E-state index is 13.3. The van der Waals surface area contributed by atoms with Gasteiger partial charge in [0.25, 0.3) is 0 Å². The van der Waals surface area contributed by atoms with Crippen LogP contribution >= 0.6 is 0 Å². The number of aromatic nitrogens is 2. The molecule has 0 aliphatic heterocycles. The zero-order valence-electron chi connectivity index (χ0n) is 18.0. The van der Waals surface area contributed by atoms with E-state index >= 15 is 0 Å². The number of hydrogen-bond donors (Lipinski definition) is 0. The standard InChI is InChI=1S/C24H28N2O5/c1-14(22(27)24-10-16-7-17(11-24)9-18(8-16)12-24)30-23(28)19-3-5-20(6-4-19)29-13-21-25-15(2)31-26-21/h3-6,14,16-18H,7-13H2,1-2H3/t14-,16?,17?,18?,24?/m0/s1. The molecule has 7 nitrogen and oxygen atoms in total. The highest BCUT2D eigenvalue weighted by atomic mass is 16.5. The third kappa shape index (κ3) is 3.98. The molecule has 1 atom stereocenters. The van der Waals surface area contributed by atoms with Gasteiger partial charge in [-0.2, -0.15) is 4.98 Å². The van der Waals surface area contributed by atoms with Crippen LogP contribution in [-0.2, 0) is 16.1 Å². The zero-order valence-corrected chi connectivity index (χ0v) is 18.0. The number of rotatable bonds is 7. The van der Waals surface area contributed by atoms with E-state index in [9.17, 15) is 9.59 Å². The summed E-state index contributed by atoms with van der Waals surface area (Å²) in [6.07, 6.45) is 6.05. The SMILES string of the molecule is Cc1nc(COc2ccc(C(=O)O[C@@H](C)C(=O)C34CC5CC(CC(C5)C3)C4)cc2)no1. The molecule has 0 unspecified atom stereocenters. The average Bonchev–Trinajstić information content (AvgIpc) is 3.16. The molecule has 4 aliphatic carbocycles. The van der Waals surface area contributed by atoms with Crippen LogP contribution in [-0.4, -0.2) is 28.0 Å². The van der Waals surface area contributed by atoms with Crippen molar-refractivity contribution >= 4 is 11.8 Å². The van der Waals surface area contributed by atoms with Crippen LogP contribution < -0.4 is 4.74 Å². The van der Waals surface area contributed by atoms with Crippen LogP contribution in [0, 0.1) is 30.1 Å². The van der Waals surface area contributed by atoms with Crippen molar-refractivity contribution in [1.82, 2.24) is 10.1 Å². The fourth-order valence-electron chi connectivity index (χ4n) is 6.36. The van der Waals surface area contributed by atoms with Crippen LogP contribution in [0.15, 0.2) is 28.8 Å². The predicted molar refractivity (Wildman–Crippen MR) is 110 cm³/mol. The highest BCUT2D eigenvalue weighted by molar-refractivity contribution is 5.94. The van der Waals surface area contributed by atoms with Gasteiger partial charge in [-0.05, 0) is 87.5 Å². The van der Waals surface area contributed by atoms with Crippen LogP contribution in [0.2, 0.25) is 0 Å². The lowest BCUT2D eigenvalue weighted by Crippen LogP contribution is -2.52. The summed E-state index contributed by atoms with van der Waals surface area (Å²) in [6, 6.07) is 6.66. The average molecular weight is 424 g/mol. The number of benzene rings is 1. The molecule has 1 heterocycles. The Bertz CT molecular complexity index is 945. The van der Waals surface area contributed by atoms with E-state index in [1.165, 1.54) is 19.3 Å². The van der Waals surface area contributed by atoms with Crippen molar-refractivity contribution in [2.24, 2.45) is 23.2 Å². The molecule has 4 fully saturated rings. The largest absolute Gasteiger partial charge is 0.485 e.